The van der Waals surface area contributed by atoms with Crippen LogP contribution in [-0.2, 0) is 33.8 Å². The minimum Gasteiger partial charge on any atom is -0.497 e. The number of carbonyl (C=O) groups is 2. The Morgan fingerprint density at radius 2 is 1.76 bits per heavy atom. The molecule has 2 aromatic carbocycles. The second-order valence-corrected chi connectivity index (χ2v) is 12.6. The van der Waals surface area contributed by atoms with E-state index in [2.05, 4.69) is 0 Å². The number of carbonyl (C=O) groups excluding carboxylic acids is 2. The highest BCUT2D eigenvalue weighted by atomic mass is 32.2. The summed E-state index contributed by atoms with van der Waals surface area (Å²) in [5.41, 5.74) is 1.55. The van der Waals surface area contributed by atoms with E-state index in [1.807, 2.05) is 24.3 Å². The molecule has 3 aromatic rings. The molecule has 2 heterocycles. The fourth-order valence-corrected chi connectivity index (χ4v) is 6.69. The van der Waals surface area contributed by atoms with Crippen molar-refractivity contribution in [3.8, 4) is 5.75 Å². The minimum atomic E-state index is -3.96. The van der Waals surface area contributed by atoms with Gasteiger partial charge in [0.05, 0.1) is 37.3 Å². The number of allylic oxidation sites excluding steroid dienone is 1. The number of aliphatic hydroxyl groups is 1. The molecule has 0 radical (unpaired) electrons. The van der Waals surface area contributed by atoms with Crippen molar-refractivity contribution in [2.24, 2.45) is 0 Å². The van der Waals surface area contributed by atoms with Crippen molar-refractivity contribution in [3.05, 3.63) is 72.1 Å². The van der Waals surface area contributed by atoms with Crippen LogP contribution in [0, 0.1) is 0 Å². The molecule has 250 valence electrons. The number of amides is 1. The van der Waals surface area contributed by atoms with Crippen LogP contribution in [0.25, 0.3) is 10.9 Å². The number of nitrogens with zero attached hydrogens (tertiary/aromatic N) is 3. The number of likely N-dealkylation sites (N-methyl/N-ethyl adjacent to an activating group) is 1. The molecule has 2 unspecified atom stereocenters. The zero-order valence-electron chi connectivity index (χ0n) is 26.6. The van der Waals surface area contributed by atoms with Crippen molar-refractivity contribution in [1.82, 2.24) is 13.8 Å². The maximum Gasteiger partial charge on any atom is 0.288 e. The summed E-state index contributed by atoms with van der Waals surface area (Å²) in [5, 5.41) is 10.5. The lowest BCUT2D eigenvalue weighted by atomic mass is 9.92. The van der Waals surface area contributed by atoms with Crippen molar-refractivity contribution >= 4 is 32.7 Å². The molecule has 13 nitrogen and oxygen atoms in total. The number of benzene rings is 2. The SMILES string of the molecule is COc1ccc(S(=O)(=O)N(CCO)CCOC2CC(c3cn(C(C)=O)c4ccccc34)C=C(C(=O)N(C)CC(OC)OC)O2)cc1. The molecule has 0 bridgehead atoms. The predicted molar refractivity (Wildman–Crippen MR) is 169 cm³/mol. The third-order valence-corrected chi connectivity index (χ3v) is 9.65. The number of methoxy groups -OCH3 is 3. The number of para-hydroxylation sites is 1. The molecule has 1 aromatic heterocycles. The Morgan fingerprint density at radius 1 is 1.07 bits per heavy atom. The van der Waals surface area contributed by atoms with Gasteiger partial charge in [0.15, 0.2) is 12.0 Å². The van der Waals surface area contributed by atoms with Gasteiger partial charge in [-0.1, -0.05) is 18.2 Å². The second kappa shape index (κ2) is 15.7. The summed E-state index contributed by atoms with van der Waals surface area (Å²) in [4.78, 5) is 27.5. The van der Waals surface area contributed by atoms with Crippen LogP contribution in [0.5, 0.6) is 5.75 Å². The summed E-state index contributed by atoms with van der Waals surface area (Å²) < 4.78 is 57.1. The summed E-state index contributed by atoms with van der Waals surface area (Å²) in [6.45, 7) is 0.895. The standard InChI is InChI=1S/C32H41N3O10S/c1-22(37)35-20-27(26-8-6-7-9-28(26)35)23-18-29(32(38)33(2)21-31(42-4)43-5)45-30(19-23)44-17-15-34(14-16-36)46(39,40)25-12-10-24(41-3)11-13-25/h6-13,18,20,23,30-31,36H,14-17,19,21H2,1-5H3. The van der Waals surface area contributed by atoms with Crippen LogP contribution in [0.1, 0.15) is 29.6 Å². The first kappa shape index (κ1) is 35.1. The van der Waals surface area contributed by atoms with E-state index in [1.165, 1.54) is 45.3 Å². The van der Waals surface area contributed by atoms with Gasteiger partial charge in [-0.3, -0.25) is 14.2 Å². The number of sulfonamides is 1. The van der Waals surface area contributed by atoms with E-state index in [4.69, 9.17) is 23.7 Å². The van der Waals surface area contributed by atoms with E-state index < -0.39 is 35.1 Å². The molecule has 1 aliphatic rings. The van der Waals surface area contributed by atoms with Gasteiger partial charge >= 0.3 is 0 Å². The number of ether oxygens (including phenoxy) is 5. The number of hydrogen-bond donors (Lipinski definition) is 1. The zero-order valence-corrected chi connectivity index (χ0v) is 27.4. The Kier molecular flexibility index (Phi) is 11.9. The second-order valence-electron chi connectivity index (χ2n) is 10.7. The summed E-state index contributed by atoms with van der Waals surface area (Å²) >= 11 is 0. The molecule has 46 heavy (non-hydrogen) atoms. The molecule has 1 N–H and O–H groups in total. The van der Waals surface area contributed by atoms with Crippen molar-refractivity contribution < 1.29 is 46.8 Å². The van der Waals surface area contributed by atoms with Crippen LogP contribution in [0.4, 0.5) is 0 Å². The average Bonchev–Trinajstić information content (AvgIpc) is 3.46. The molecular weight excluding hydrogens is 618 g/mol. The lowest BCUT2D eigenvalue weighted by molar-refractivity contribution is -0.158. The molecule has 1 amide bonds. The average molecular weight is 660 g/mol. The summed E-state index contributed by atoms with van der Waals surface area (Å²) in [7, 11) is 2.07. The Hall–Kier alpha value is -3.79. The minimum absolute atomic E-state index is 0.0347. The van der Waals surface area contributed by atoms with Crippen LogP contribution in [0.2, 0.25) is 0 Å². The lowest BCUT2D eigenvalue weighted by Gasteiger charge is -2.31. The van der Waals surface area contributed by atoms with Crippen molar-refractivity contribution in [2.45, 2.75) is 36.7 Å². The fourth-order valence-electron chi connectivity index (χ4n) is 5.28. The molecule has 0 saturated heterocycles. The van der Waals surface area contributed by atoms with E-state index >= 15 is 0 Å². The fraction of sp³-hybridized carbons (Fsp3) is 0.438. The molecule has 1 aliphatic heterocycles. The van der Waals surface area contributed by atoms with E-state index in [1.54, 1.807) is 36.0 Å². The molecule has 0 aliphatic carbocycles. The Balaban J connectivity index is 1.58. The third kappa shape index (κ3) is 7.94. The molecule has 0 fully saturated rings. The Morgan fingerprint density at radius 3 is 2.39 bits per heavy atom. The van der Waals surface area contributed by atoms with Crippen molar-refractivity contribution in [2.75, 3.05) is 61.2 Å². The topological polar surface area (TPSA) is 146 Å². The third-order valence-electron chi connectivity index (χ3n) is 7.74. The van der Waals surface area contributed by atoms with Gasteiger partial charge < -0.3 is 33.7 Å². The summed E-state index contributed by atoms with van der Waals surface area (Å²) in [6, 6.07) is 13.4. The molecule has 0 saturated carbocycles. The van der Waals surface area contributed by atoms with Gasteiger partial charge in [-0.25, -0.2) is 8.42 Å². The number of aliphatic hydroxyl groups excluding tert-OH is 1. The summed E-state index contributed by atoms with van der Waals surface area (Å²) in [5.74, 6) is -0.428. The zero-order chi connectivity index (χ0) is 33.4. The first-order chi connectivity index (χ1) is 22.0. The number of fused-ring (bicyclic) bond motifs is 1. The highest BCUT2D eigenvalue weighted by Crippen LogP contribution is 2.37. The lowest BCUT2D eigenvalue weighted by Crippen LogP contribution is -2.40. The van der Waals surface area contributed by atoms with Crippen molar-refractivity contribution in [1.29, 1.82) is 0 Å². The maximum atomic E-state index is 13.5. The highest BCUT2D eigenvalue weighted by molar-refractivity contribution is 7.89. The van der Waals surface area contributed by atoms with E-state index in [-0.39, 0.29) is 55.1 Å². The molecular formula is C32H41N3O10S. The Labute approximate surface area is 268 Å². The molecule has 14 heteroatoms. The van der Waals surface area contributed by atoms with Gasteiger partial charge in [0, 0.05) is 65.2 Å². The highest BCUT2D eigenvalue weighted by Gasteiger charge is 2.33. The van der Waals surface area contributed by atoms with Crippen LogP contribution < -0.4 is 4.74 Å². The smallest absolute Gasteiger partial charge is 0.288 e. The van der Waals surface area contributed by atoms with Gasteiger partial charge in [0.1, 0.15) is 5.75 Å². The normalized spacial score (nSPS) is 16.8. The Bertz CT molecular complexity index is 1630. The van der Waals surface area contributed by atoms with Gasteiger partial charge in [-0.05, 0) is 42.0 Å². The van der Waals surface area contributed by atoms with Gasteiger partial charge in [0.25, 0.3) is 5.91 Å². The van der Waals surface area contributed by atoms with E-state index in [9.17, 15) is 23.1 Å². The summed E-state index contributed by atoms with van der Waals surface area (Å²) in [6.07, 6.45) is 2.18. The van der Waals surface area contributed by atoms with Gasteiger partial charge in [-0.2, -0.15) is 4.31 Å². The quantitative estimate of drug-likeness (QED) is 0.242. The number of rotatable bonds is 15. The van der Waals surface area contributed by atoms with Crippen LogP contribution >= 0.6 is 0 Å². The maximum absolute atomic E-state index is 13.5. The predicted octanol–water partition coefficient (Wildman–Crippen LogP) is 2.80. The van der Waals surface area contributed by atoms with E-state index in [0.29, 0.717) is 5.75 Å². The van der Waals surface area contributed by atoms with E-state index in [0.717, 1.165) is 20.8 Å². The molecule has 2 atom stereocenters. The molecule has 4 rings (SSSR count). The first-order valence-electron chi connectivity index (χ1n) is 14.7. The monoisotopic (exact) mass is 659 g/mol. The first-order valence-corrected chi connectivity index (χ1v) is 16.1. The van der Waals surface area contributed by atoms with Gasteiger partial charge in [0.2, 0.25) is 22.2 Å². The van der Waals surface area contributed by atoms with Crippen molar-refractivity contribution in [3.63, 3.8) is 0 Å². The number of hydrogen-bond acceptors (Lipinski definition) is 10. The largest absolute Gasteiger partial charge is 0.497 e. The van der Waals surface area contributed by atoms with Gasteiger partial charge in [-0.15, -0.1) is 0 Å². The van der Waals surface area contributed by atoms with Crippen LogP contribution in [-0.4, -0.2) is 113 Å². The van der Waals surface area contributed by atoms with Crippen LogP contribution in [0.15, 0.2) is 71.5 Å². The van der Waals surface area contributed by atoms with Crippen LogP contribution in [0.3, 0.4) is 0 Å². The molecule has 0 spiro atoms. The number of aromatic nitrogens is 1.